The highest BCUT2D eigenvalue weighted by atomic mass is 16.4. The standard InChI is InChI=1S/C9H16N4O2/c1-6(9(10)13-14)3-11-5-8-12-4-7(2)15-8/h4,6,11,14H,3,5H2,1-2H3,(H2,10,13). The van der Waals surface area contributed by atoms with E-state index in [1.54, 1.807) is 6.20 Å². The van der Waals surface area contributed by atoms with Crippen LogP contribution in [-0.2, 0) is 6.54 Å². The van der Waals surface area contributed by atoms with Crippen LogP contribution < -0.4 is 11.1 Å². The molecule has 1 aromatic heterocycles. The molecular formula is C9H16N4O2. The first-order valence-electron chi connectivity index (χ1n) is 4.73. The molecule has 6 heteroatoms. The number of oxazole rings is 1. The number of amidine groups is 1. The molecule has 15 heavy (non-hydrogen) atoms. The first kappa shape index (κ1) is 11.5. The predicted octanol–water partition coefficient (Wildman–Crippen LogP) is 0.455. The summed E-state index contributed by atoms with van der Waals surface area (Å²) in [6, 6.07) is 0. The van der Waals surface area contributed by atoms with Crippen molar-refractivity contribution in [2.45, 2.75) is 20.4 Å². The third kappa shape index (κ3) is 3.59. The van der Waals surface area contributed by atoms with E-state index in [1.165, 1.54) is 0 Å². The zero-order valence-electron chi connectivity index (χ0n) is 8.90. The largest absolute Gasteiger partial charge is 0.445 e. The van der Waals surface area contributed by atoms with Crippen LogP contribution in [0.4, 0.5) is 0 Å². The summed E-state index contributed by atoms with van der Waals surface area (Å²) in [5.41, 5.74) is 5.42. The summed E-state index contributed by atoms with van der Waals surface area (Å²) in [5, 5.41) is 14.5. The Hall–Kier alpha value is -1.56. The zero-order chi connectivity index (χ0) is 11.3. The maximum absolute atomic E-state index is 8.43. The summed E-state index contributed by atoms with van der Waals surface area (Å²) in [6.45, 7) is 4.85. The van der Waals surface area contributed by atoms with Crippen LogP contribution in [0.5, 0.6) is 0 Å². The fourth-order valence-electron chi connectivity index (χ4n) is 1.08. The number of oxime groups is 1. The van der Waals surface area contributed by atoms with Crippen molar-refractivity contribution >= 4 is 5.84 Å². The van der Waals surface area contributed by atoms with E-state index in [4.69, 9.17) is 15.4 Å². The lowest BCUT2D eigenvalue weighted by Crippen LogP contribution is -2.31. The fraction of sp³-hybridized carbons (Fsp3) is 0.556. The minimum Gasteiger partial charge on any atom is -0.445 e. The van der Waals surface area contributed by atoms with Crippen molar-refractivity contribution in [2.24, 2.45) is 16.8 Å². The van der Waals surface area contributed by atoms with Crippen LogP contribution in [0.1, 0.15) is 18.6 Å². The quantitative estimate of drug-likeness (QED) is 0.285. The summed E-state index contributed by atoms with van der Waals surface area (Å²) in [5.74, 6) is 1.62. The molecule has 0 radical (unpaired) electrons. The minimum atomic E-state index is -0.0222. The lowest BCUT2D eigenvalue weighted by Gasteiger charge is -2.09. The second kappa shape index (κ2) is 5.35. The van der Waals surface area contributed by atoms with Gasteiger partial charge in [-0.3, -0.25) is 0 Å². The van der Waals surface area contributed by atoms with Gasteiger partial charge in [0.25, 0.3) is 0 Å². The maximum Gasteiger partial charge on any atom is 0.208 e. The van der Waals surface area contributed by atoms with Crippen molar-refractivity contribution in [3.05, 3.63) is 17.8 Å². The summed E-state index contributed by atoms with van der Waals surface area (Å²) >= 11 is 0. The van der Waals surface area contributed by atoms with Crippen molar-refractivity contribution in [3.63, 3.8) is 0 Å². The molecule has 0 aromatic carbocycles. The Balaban J connectivity index is 2.27. The van der Waals surface area contributed by atoms with Gasteiger partial charge in [0.15, 0.2) is 0 Å². The van der Waals surface area contributed by atoms with Crippen LogP contribution in [0.3, 0.4) is 0 Å². The van der Waals surface area contributed by atoms with Gasteiger partial charge in [-0.05, 0) is 6.92 Å². The minimum absolute atomic E-state index is 0.0222. The number of hydrogen-bond acceptors (Lipinski definition) is 5. The zero-order valence-corrected chi connectivity index (χ0v) is 8.90. The van der Waals surface area contributed by atoms with E-state index in [9.17, 15) is 0 Å². The van der Waals surface area contributed by atoms with Gasteiger partial charge in [-0.25, -0.2) is 4.98 Å². The van der Waals surface area contributed by atoms with Gasteiger partial charge in [0.2, 0.25) is 5.89 Å². The molecule has 84 valence electrons. The van der Waals surface area contributed by atoms with E-state index in [1.807, 2.05) is 13.8 Å². The van der Waals surface area contributed by atoms with E-state index in [2.05, 4.69) is 15.5 Å². The van der Waals surface area contributed by atoms with Gasteiger partial charge in [-0.1, -0.05) is 12.1 Å². The molecule has 0 spiro atoms. The Labute approximate surface area is 88.2 Å². The first-order chi connectivity index (χ1) is 7.13. The number of aryl methyl sites for hydroxylation is 1. The highest BCUT2D eigenvalue weighted by Crippen LogP contribution is 2.01. The Morgan fingerprint density at radius 1 is 1.80 bits per heavy atom. The summed E-state index contributed by atoms with van der Waals surface area (Å²) < 4.78 is 5.27. The second-order valence-electron chi connectivity index (χ2n) is 3.42. The molecule has 1 aromatic rings. The summed E-state index contributed by atoms with van der Waals surface area (Å²) in [7, 11) is 0. The molecule has 0 fully saturated rings. The molecule has 0 saturated heterocycles. The molecule has 1 heterocycles. The van der Waals surface area contributed by atoms with Crippen LogP contribution >= 0.6 is 0 Å². The number of aromatic nitrogens is 1. The van der Waals surface area contributed by atoms with Crippen molar-refractivity contribution < 1.29 is 9.62 Å². The molecular weight excluding hydrogens is 196 g/mol. The molecule has 1 rings (SSSR count). The molecule has 6 nitrogen and oxygen atoms in total. The van der Waals surface area contributed by atoms with E-state index >= 15 is 0 Å². The molecule has 0 aliphatic heterocycles. The van der Waals surface area contributed by atoms with Gasteiger partial charge in [-0.15, -0.1) is 0 Å². The molecule has 0 aliphatic rings. The van der Waals surface area contributed by atoms with Crippen LogP contribution in [-0.4, -0.2) is 22.6 Å². The topological polar surface area (TPSA) is 96.7 Å². The average Bonchev–Trinajstić information content (AvgIpc) is 2.63. The van der Waals surface area contributed by atoms with Gasteiger partial charge in [0.05, 0.1) is 12.7 Å². The lowest BCUT2D eigenvalue weighted by molar-refractivity contribution is 0.314. The first-order valence-corrected chi connectivity index (χ1v) is 4.73. The van der Waals surface area contributed by atoms with Gasteiger partial charge in [-0.2, -0.15) is 0 Å². The van der Waals surface area contributed by atoms with Crippen LogP contribution in [0.25, 0.3) is 0 Å². The van der Waals surface area contributed by atoms with Crippen LogP contribution in [0, 0.1) is 12.8 Å². The number of hydrogen-bond donors (Lipinski definition) is 3. The van der Waals surface area contributed by atoms with Gasteiger partial charge in [0, 0.05) is 12.5 Å². The number of nitrogens with zero attached hydrogens (tertiary/aromatic N) is 2. The van der Waals surface area contributed by atoms with Crippen LogP contribution in [0.15, 0.2) is 15.8 Å². The maximum atomic E-state index is 8.43. The van der Waals surface area contributed by atoms with Gasteiger partial charge < -0.3 is 20.7 Å². The van der Waals surface area contributed by atoms with E-state index < -0.39 is 0 Å². The van der Waals surface area contributed by atoms with Crippen LogP contribution in [0.2, 0.25) is 0 Å². The van der Waals surface area contributed by atoms with Crippen molar-refractivity contribution in [3.8, 4) is 0 Å². The van der Waals surface area contributed by atoms with E-state index in [0.717, 1.165) is 5.76 Å². The fourth-order valence-corrected chi connectivity index (χ4v) is 1.08. The second-order valence-corrected chi connectivity index (χ2v) is 3.42. The third-order valence-corrected chi connectivity index (χ3v) is 2.02. The molecule has 0 bridgehead atoms. The Morgan fingerprint density at radius 2 is 2.53 bits per heavy atom. The Kier molecular flexibility index (Phi) is 4.11. The van der Waals surface area contributed by atoms with E-state index in [-0.39, 0.29) is 11.8 Å². The predicted molar refractivity (Wildman–Crippen MR) is 55.5 cm³/mol. The molecule has 1 atom stereocenters. The highest BCUT2D eigenvalue weighted by Gasteiger charge is 2.07. The van der Waals surface area contributed by atoms with Crippen molar-refractivity contribution in [2.75, 3.05) is 6.54 Å². The molecule has 0 aliphatic carbocycles. The molecule has 4 N–H and O–H groups in total. The van der Waals surface area contributed by atoms with E-state index in [0.29, 0.717) is 19.0 Å². The highest BCUT2D eigenvalue weighted by molar-refractivity contribution is 5.82. The normalized spacial score (nSPS) is 14.1. The lowest BCUT2D eigenvalue weighted by atomic mass is 10.1. The smallest absolute Gasteiger partial charge is 0.208 e. The number of nitrogens with one attached hydrogen (secondary N) is 1. The Bertz CT molecular complexity index is 335. The third-order valence-electron chi connectivity index (χ3n) is 2.02. The van der Waals surface area contributed by atoms with Gasteiger partial charge >= 0.3 is 0 Å². The van der Waals surface area contributed by atoms with Crippen molar-refractivity contribution in [1.29, 1.82) is 0 Å². The number of rotatable bonds is 5. The molecule has 1 unspecified atom stereocenters. The molecule has 0 saturated carbocycles. The average molecular weight is 212 g/mol. The summed E-state index contributed by atoms with van der Waals surface area (Å²) in [4.78, 5) is 4.04. The number of nitrogens with two attached hydrogens (primary N) is 1. The monoisotopic (exact) mass is 212 g/mol. The van der Waals surface area contributed by atoms with Crippen molar-refractivity contribution in [1.82, 2.24) is 10.3 Å². The van der Waals surface area contributed by atoms with Gasteiger partial charge in [0.1, 0.15) is 11.6 Å². The Morgan fingerprint density at radius 3 is 3.07 bits per heavy atom. The molecule has 0 amide bonds. The SMILES string of the molecule is Cc1cnc(CNCC(C)/C(N)=N/O)o1. The summed E-state index contributed by atoms with van der Waals surface area (Å²) in [6.07, 6.45) is 1.67.